The summed E-state index contributed by atoms with van der Waals surface area (Å²) in [6, 6.07) is 0. The van der Waals surface area contributed by atoms with Crippen LogP contribution in [0.1, 0.15) is 33.6 Å². The minimum Gasteiger partial charge on any atom is -0.292 e. The fraction of sp³-hybridized carbons (Fsp3) is 0.750. The van der Waals surface area contributed by atoms with Crippen LogP contribution in [0.5, 0.6) is 0 Å². The standard InChI is InChI=1S/C12H18N2OS2/c1-11(2)7-5-6-12(11,3)9(15)8(7)13-14-10(16)17-4/h7H,5-6H2,1-4H3,(H,14,16)/b13-8-. The van der Waals surface area contributed by atoms with Crippen molar-refractivity contribution in [2.24, 2.45) is 21.8 Å². The van der Waals surface area contributed by atoms with Crippen LogP contribution in [-0.4, -0.2) is 22.1 Å². The quantitative estimate of drug-likeness (QED) is 0.587. The van der Waals surface area contributed by atoms with E-state index in [4.69, 9.17) is 12.2 Å². The van der Waals surface area contributed by atoms with E-state index in [9.17, 15) is 4.79 Å². The highest BCUT2D eigenvalue weighted by Gasteiger charge is 2.65. The van der Waals surface area contributed by atoms with E-state index in [0.717, 1.165) is 12.8 Å². The molecule has 2 atom stereocenters. The Hall–Kier alpha value is -0.420. The van der Waals surface area contributed by atoms with Gasteiger partial charge in [0, 0.05) is 11.3 Å². The lowest BCUT2D eigenvalue weighted by atomic mass is 9.70. The topological polar surface area (TPSA) is 41.5 Å². The first-order valence-electron chi connectivity index (χ1n) is 5.81. The molecule has 0 aromatic heterocycles. The highest BCUT2D eigenvalue weighted by molar-refractivity contribution is 8.22. The van der Waals surface area contributed by atoms with Crippen molar-refractivity contribution in [3.05, 3.63) is 0 Å². The summed E-state index contributed by atoms with van der Waals surface area (Å²) < 4.78 is 0.607. The van der Waals surface area contributed by atoms with E-state index in [0.29, 0.717) is 10.0 Å². The predicted molar refractivity (Wildman–Crippen MR) is 76.3 cm³/mol. The Morgan fingerprint density at radius 2 is 2.18 bits per heavy atom. The molecule has 0 amide bonds. The average Bonchev–Trinajstić information content (AvgIpc) is 2.59. The molecule has 2 unspecified atom stereocenters. The number of carbonyl (C=O) groups excluding carboxylic acids is 1. The molecule has 0 aromatic carbocycles. The molecule has 3 nitrogen and oxygen atoms in total. The zero-order valence-electron chi connectivity index (χ0n) is 10.7. The summed E-state index contributed by atoms with van der Waals surface area (Å²) in [6.45, 7) is 6.43. The molecule has 2 rings (SSSR count). The zero-order chi connectivity index (χ0) is 12.8. The van der Waals surface area contributed by atoms with E-state index in [-0.39, 0.29) is 22.5 Å². The van der Waals surface area contributed by atoms with Gasteiger partial charge in [-0.25, -0.2) is 0 Å². The third-order valence-corrected chi connectivity index (χ3v) is 5.80. The molecule has 2 saturated carbocycles. The van der Waals surface area contributed by atoms with Gasteiger partial charge >= 0.3 is 0 Å². The summed E-state index contributed by atoms with van der Waals surface area (Å²) >= 11 is 6.46. The second-order valence-electron chi connectivity index (χ2n) is 5.57. The van der Waals surface area contributed by atoms with Crippen molar-refractivity contribution in [3.63, 3.8) is 0 Å². The number of hydrazone groups is 1. The lowest BCUT2D eigenvalue weighted by Crippen LogP contribution is -2.34. The van der Waals surface area contributed by atoms with Gasteiger partial charge < -0.3 is 0 Å². The monoisotopic (exact) mass is 270 g/mol. The van der Waals surface area contributed by atoms with Crippen LogP contribution in [0.15, 0.2) is 5.10 Å². The van der Waals surface area contributed by atoms with E-state index >= 15 is 0 Å². The van der Waals surface area contributed by atoms with E-state index in [1.165, 1.54) is 11.8 Å². The summed E-state index contributed by atoms with van der Waals surface area (Å²) in [6.07, 6.45) is 3.93. The molecule has 2 aliphatic carbocycles. The lowest BCUT2D eigenvalue weighted by molar-refractivity contribution is -0.123. The number of carbonyl (C=O) groups is 1. The number of rotatable bonds is 1. The minimum absolute atomic E-state index is 0.0194. The third-order valence-electron chi connectivity index (χ3n) is 4.74. The Labute approximate surface area is 112 Å². The van der Waals surface area contributed by atoms with Gasteiger partial charge in [-0.3, -0.25) is 10.2 Å². The van der Waals surface area contributed by atoms with Crippen LogP contribution < -0.4 is 5.43 Å². The Bertz CT molecular complexity index is 417. The minimum atomic E-state index is -0.237. The van der Waals surface area contributed by atoms with Crippen LogP contribution in [0.3, 0.4) is 0 Å². The zero-order valence-corrected chi connectivity index (χ0v) is 12.3. The molecule has 2 bridgehead atoms. The third kappa shape index (κ3) is 1.66. The molecular weight excluding hydrogens is 252 g/mol. The molecule has 0 radical (unpaired) electrons. The predicted octanol–water partition coefficient (Wildman–Crippen LogP) is 2.61. The summed E-state index contributed by atoms with van der Waals surface area (Å²) in [7, 11) is 0. The lowest BCUT2D eigenvalue weighted by Gasteiger charge is -2.31. The van der Waals surface area contributed by atoms with Crippen LogP contribution in [0.4, 0.5) is 0 Å². The molecule has 0 spiro atoms. The molecule has 17 heavy (non-hydrogen) atoms. The van der Waals surface area contributed by atoms with Crippen molar-refractivity contribution < 1.29 is 4.79 Å². The molecule has 2 fully saturated rings. The molecule has 5 heteroatoms. The van der Waals surface area contributed by atoms with E-state index in [1.807, 2.05) is 6.26 Å². The van der Waals surface area contributed by atoms with Crippen LogP contribution >= 0.6 is 24.0 Å². The fourth-order valence-electron chi connectivity index (χ4n) is 3.11. The number of hydrogen-bond acceptors (Lipinski definition) is 4. The van der Waals surface area contributed by atoms with Gasteiger partial charge in [-0.05, 0) is 24.5 Å². The number of ketones is 1. The Morgan fingerprint density at radius 1 is 1.53 bits per heavy atom. The highest BCUT2D eigenvalue weighted by atomic mass is 32.2. The fourth-order valence-corrected chi connectivity index (χ4v) is 3.29. The van der Waals surface area contributed by atoms with Crippen molar-refractivity contribution in [1.82, 2.24) is 5.43 Å². The van der Waals surface area contributed by atoms with Crippen LogP contribution in [0, 0.1) is 16.7 Å². The SMILES string of the molecule is CSC(=S)N/N=C1\C(=O)C2(C)CCC1C2(C)C. The maximum absolute atomic E-state index is 12.4. The van der Waals surface area contributed by atoms with Gasteiger partial charge in [-0.15, -0.1) is 0 Å². The summed E-state index contributed by atoms with van der Waals surface area (Å²) in [5.41, 5.74) is 3.28. The van der Waals surface area contributed by atoms with Crippen molar-refractivity contribution in [3.8, 4) is 0 Å². The van der Waals surface area contributed by atoms with E-state index in [1.54, 1.807) is 0 Å². The van der Waals surface area contributed by atoms with E-state index < -0.39 is 0 Å². The largest absolute Gasteiger partial charge is 0.292 e. The van der Waals surface area contributed by atoms with Gasteiger partial charge in [0.25, 0.3) is 0 Å². The van der Waals surface area contributed by atoms with Gasteiger partial charge in [0.2, 0.25) is 0 Å². The second-order valence-corrected chi connectivity index (χ2v) is 7.06. The van der Waals surface area contributed by atoms with Crippen molar-refractivity contribution in [2.75, 3.05) is 6.26 Å². The molecular formula is C12H18N2OS2. The normalized spacial score (nSPS) is 36.6. The second kappa shape index (κ2) is 4.05. The van der Waals surface area contributed by atoms with Gasteiger partial charge in [-0.1, -0.05) is 44.8 Å². The maximum atomic E-state index is 12.4. The summed E-state index contributed by atoms with van der Waals surface area (Å²) in [5.74, 6) is 0.479. The Balaban J connectivity index is 2.29. The molecule has 0 aliphatic heterocycles. The Kier molecular flexibility index (Phi) is 3.11. The average molecular weight is 270 g/mol. The number of fused-ring (bicyclic) bond motifs is 2. The van der Waals surface area contributed by atoms with Crippen molar-refractivity contribution in [1.29, 1.82) is 0 Å². The van der Waals surface area contributed by atoms with Gasteiger partial charge in [0.15, 0.2) is 10.1 Å². The number of thioether (sulfide) groups is 1. The van der Waals surface area contributed by atoms with E-state index in [2.05, 4.69) is 31.3 Å². The number of thiocarbonyl (C=S) groups is 1. The first-order chi connectivity index (χ1) is 7.84. The molecule has 2 aliphatic rings. The van der Waals surface area contributed by atoms with Crippen LogP contribution in [-0.2, 0) is 4.79 Å². The number of nitrogens with one attached hydrogen (secondary N) is 1. The molecule has 94 valence electrons. The van der Waals surface area contributed by atoms with Gasteiger partial charge in [-0.2, -0.15) is 5.10 Å². The molecule has 0 saturated heterocycles. The van der Waals surface area contributed by atoms with Crippen LogP contribution in [0.25, 0.3) is 0 Å². The molecule has 0 heterocycles. The van der Waals surface area contributed by atoms with Gasteiger partial charge in [0.1, 0.15) is 5.71 Å². The molecule has 0 aromatic rings. The summed E-state index contributed by atoms with van der Waals surface area (Å²) in [5, 5.41) is 4.25. The number of hydrogen-bond donors (Lipinski definition) is 1. The van der Waals surface area contributed by atoms with Crippen molar-refractivity contribution in [2.45, 2.75) is 33.6 Å². The first kappa shape index (κ1) is 13.0. The number of nitrogens with zero attached hydrogens (tertiary/aromatic N) is 1. The van der Waals surface area contributed by atoms with Gasteiger partial charge in [0.05, 0.1) is 0 Å². The van der Waals surface area contributed by atoms with Crippen molar-refractivity contribution >= 4 is 39.8 Å². The smallest absolute Gasteiger partial charge is 0.185 e. The van der Waals surface area contributed by atoms with Crippen LogP contribution in [0.2, 0.25) is 0 Å². The number of Topliss-reactive ketones (excluding diaryl/α,β-unsaturated/α-hetero) is 1. The summed E-state index contributed by atoms with van der Waals surface area (Å²) in [4.78, 5) is 12.4. The maximum Gasteiger partial charge on any atom is 0.185 e. The highest BCUT2D eigenvalue weighted by Crippen LogP contribution is 2.62. The Morgan fingerprint density at radius 3 is 2.65 bits per heavy atom. The molecule has 1 N–H and O–H groups in total. The first-order valence-corrected chi connectivity index (χ1v) is 7.44.